The van der Waals surface area contributed by atoms with Crippen LogP contribution in [0.25, 0.3) is 5.57 Å². The Morgan fingerprint density at radius 1 is 1.45 bits per heavy atom. The lowest BCUT2D eigenvalue weighted by Gasteiger charge is -2.11. The molecule has 1 aromatic carbocycles. The van der Waals surface area contributed by atoms with Crippen molar-refractivity contribution >= 4 is 40.5 Å². The normalized spacial score (nSPS) is 11.7. The van der Waals surface area contributed by atoms with Gasteiger partial charge in [-0.1, -0.05) is 49.1 Å². The van der Waals surface area contributed by atoms with Gasteiger partial charge in [0.1, 0.15) is 5.92 Å². The molecular weight excluding hydrogens is 290 g/mol. The predicted molar refractivity (Wildman–Crippen MR) is 90.2 cm³/mol. The number of carboxylic acid groups (broad SMARTS) is 1. The maximum Gasteiger partial charge on any atom is 0.313 e. The lowest BCUT2D eigenvalue weighted by Crippen LogP contribution is -2.33. The Morgan fingerprint density at radius 3 is 2.70 bits per heavy atom. The Hall–Kier alpha value is -1.33. The first-order valence-corrected chi connectivity index (χ1v) is 7.90. The number of rotatable bonds is 8. The summed E-state index contributed by atoms with van der Waals surface area (Å²) in [6.45, 7) is 6.32. The summed E-state index contributed by atoms with van der Waals surface area (Å²) >= 11 is 6.76. The average Bonchev–Trinajstić information content (AvgIpc) is 2.46. The van der Waals surface area contributed by atoms with E-state index in [0.29, 0.717) is 11.5 Å². The molecule has 0 fully saturated rings. The van der Waals surface area contributed by atoms with Gasteiger partial charge in [-0.15, -0.1) is 0 Å². The van der Waals surface area contributed by atoms with Crippen LogP contribution in [-0.4, -0.2) is 34.1 Å². The second-order valence-corrected chi connectivity index (χ2v) is 5.92. The molecule has 1 rings (SSSR count). The van der Waals surface area contributed by atoms with Crippen molar-refractivity contribution in [3.05, 3.63) is 42.5 Å². The lowest BCUT2D eigenvalue weighted by molar-refractivity contribution is -0.138. The molecule has 3 nitrogen and oxygen atoms in total. The standard InChI is InChI=1S/C15H19NO2S2/c1-11(13-6-4-3-5-7-13)10-20-9-8-16-14(19)12(2)15(17)18/h3-7,12H,1,8-10H2,2H3,(H,16,19)(H,17,18). The summed E-state index contributed by atoms with van der Waals surface area (Å²) in [5.74, 6) is 0.188. The van der Waals surface area contributed by atoms with Gasteiger partial charge in [-0.2, -0.15) is 11.8 Å². The molecule has 5 heteroatoms. The van der Waals surface area contributed by atoms with E-state index in [4.69, 9.17) is 17.3 Å². The summed E-state index contributed by atoms with van der Waals surface area (Å²) in [4.78, 5) is 11.1. The van der Waals surface area contributed by atoms with Gasteiger partial charge in [-0.05, 0) is 18.1 Å². The minimum absolute atomic E-state index is 0.389. The second-order valence-electron chi connectivity index (χ2n) is 4.37. The molecule has 1 unspecified atom stereocenters. The van der Waals surface area contributed by atoms with Crippen LogP contribution in [0.15, 0.2) is 36.9 Å². The molecule has 0 spiro atoms. The molecule has 0 bridgehead atoms. The zero-order valence-corrected chi connectivity index (χ0v) is 13.1. The van der Waals surface area contributed by atoms with Gasteiger partial charge in [0, 0.05) is 18.1 Å². The molecule has 0 saturated carbocycles. The summed E-state index contributed by atoms with van der Waals surface area (Å²) in [6, 6.07) is 10.1. The Bertz CT molecular complexity index is 474. The highest BCUT2D eigenvalue weighted by Crippen LogP contribution is 2.16. The van der Waals surface area contributed by atoms with E-state index in [0.717, 1.165) is 22.6 Å². The molecule has 2 N–H and O–H groups in total. The first-order chi connectivity index (χ1) is 9.52. The van der Waals surface area contributed by atoms with Crippen molar-refractivity contribution in [3.8, 4) is 0 Å². The third kappa shape index (κ3) is 5.75. The average molecular weight is 309 g/mol. The number of thioether (sulfide) groups is 1. The quantitative estimate of drug-likeness (QED) is 0.571. The SMILES string of the molecule is C=C(CSCCNC(=S)C(C)C(=O)O)c1ccccc1. The van der Waals surface area contributed by atoms with E-state index in [2.05, 4.69) is 11.9 Å². The lowest BCUT2D eigenvalue weighted by atomic mass is 10.1. The maximum absolute atomic E-state index is 10.7. The van der Waals surface area contributed by atoms with E-state index in [-0.39, 0.29) is 0 Å². The Labute approximate surface area is 129 Å². The minimum Gasteiger partial charge on any atom is -0.481 e. The van der Waals surface area contributed by atoms with Gasteiger partial charge in [0.25, 0.3) is 0 Å². The van der Waals surface area contributed by atoms with Gasteiger partial charge < -0.3 is 10.4 Å². The highest BCUT2D eigenvalue weighted by molar-refractivity contribution is 7.99. The van der Waals surface area contributed by atoms with Crippen LogP contribution < -0.4 is 5.32 Å². The number of aliphatic carboxylic acids is 1. The number of carboxylic acids is 1. The van der Waals surface area contributed by atoms with E-state index in [1.165, 1.54) is 0 Å². The zero-order chi connectivity index (χ0) is 15.0. The van der Waals surface area contributed by atoms with Gasteiger partial charge in [0.2, 0.25) is 0 Å². The van der Waals surface area contributed by atoms with Crippen molar-refractivity contribution in [2.45, 2.75) is 6.92 Å². The third-order valence-corrected chi connectivity index (χ3v) is 4.31. The maximum atomic E-state index is 10.7. The molecule has 0 aromatic heterocycles. The molecule has 0 radical (unpaired) electrons. The number of benzene rings is 1. The van der Waals surface area contributed by atoms with E-state index < -0.39 is 11.9 Å². The first-order valence-electron chi connectivity index (χ1n) is 6.34. The van der Waals surface area contributed by atoms with Crippen LogP contribution in [0.1, 0.15) is 12.5 Å². The Morgan fingerprint density at radius 2 is 2.10 bits per heavy atom. The number of hydrogen-bond donors (Lipinski definition) is 2. The van der Waals surface area contributed by atoms with Gasteiger partial charge in [-0.3, -0.25) is 4.79 Å². The Kier molecular flexibility index (Phi) is 7.33. The molecular formula is C15H19NO2S2. The topological polar surface area (TPSA) is 49.3 Å². The van der Waals surface area contributed by atoms with Crippen molar-refractivity contribution < 1.29 is 9.90 Å². The van der Waals surface area contributed by atoms with Crippen LogP contribution in [0.2, 0.25) is 0 Å². The fraction of sp³-hybridized carbons (Fsp3) is 0.333. The van der Waals surface area contributed by atoms with Crippen molar-refractivity contribution in [1.82, 2.24) is 5.32 Å². The summed E-state index contributed by atoms with van der Waals surface area (Å²) in [6.07, 6.45) is 0. The summed E-state index contributed by atoms with van der Waals surface area (Å²) in [7, 11) is 0. The third-order valence-electron chi connectivity index (χ3n) is 2.77. The summed E-state index contributed by atoms with van der Waals surface area (Å²) in [5, 5.41) is 11.8. The molecule has 0 amide bonds. The van der Waals surface area contributed by atoms with Crippen LogP contribution in [0.4, 0.5) is 0 Å². The molecule has 0 aliphatic rings. The monoisotopic (exact) mass is 309 g/mol. The van der Waals surface area contributed by atoms with Crippen molar-refractivity contribution in [2.75, 3.05) is 18.1 Å². The number of carbonyl (C=O) groups is 1. The van der Waals surface area contributed by atoms with Gasteiger partial charge in [-0.25, -0.2) is 0 Å². The van der Waals surface area contributed by atoms with Gasteiger partial charge in [0.05, 0.1) is 4.99 Å². The molecule has 108 valence electrons. The van der Waals surface area contributed by atoms with Crippen LogP contribution >= 0.6 is 24.0 Å². The number of nitrogens with one attached hydrogen (secondary N) is 1. The molecule has 0 saturated heterocycles. The van der Waals surface area contributed by atoms with E-state index in [1.54, 1.807) is 18.7 Å². The predicted octanol–water partition coefficient (Wildman–Crippen LogP) is 3.07. The first kappa shape index (κ1) is 16.7. The van der Waals surface area contributed by atoms with Crippen molar-refractivity contribution in [3.63, 3.8) is 0 Å². The van der Waals surface area contributed by atoms with Crippen LogP contribution in [0, 0.1) is 5.92 Å². The van der Waals surface area contributed by atoms with Crippen molar-refractivity contribution in [2.24, 2.45) is 5.92 Å². The summed E-state index contributed by atoms with van der Waals surface area (Å²) in [5.41, 5.74) is 2.25. The zero-order valence-electron chi connectivity index (χ0n) is 11.5. The smallest absolute Gasteiger partial charge is 0.313 e. The fourth-order valence-corrected chi connectivity index (χ4v) is 2.47. The van der Waals surface area contributed by atoms with Gasteiger partial charge >= 0.3 is 5.97 Å². The minimum atomic E-state index is -0.896. The molecule has 0 aliphatic heterocycles. The second kappa shape index (κ2) is 8.76. The highest BCUT2D eigenvalue weighted by Gasteiger charge is 2.15. The molecule has 0 aliphatic carbocycles. The fourth-order valence-electron chi connectivity index (χ4n) is 1.46. The van der Waals surface area contributed by atoms with Gasteiger partial charge in [0.15, 0.2) is 0 Å². The Balaban J connectivity index is 2.18. The van der Waals surface area contributed by atoms with E-state index in [1.807, 2.05) is 30.3 Å². The molecule has 0 heterocycles. The van der Waals surface area contributed by atoms with Crippen LogP contribution in [0.3, 0.4) is 0 Å². The molecule has 1 atom stereocenters. The van der Waals surface area contributed by atoms with Crippen molar-refractivity contribution in [1.29, 1.82) is 0 Å². The summed E-state index contributed by atoms with van der Waals surface area (Å²) < 4.78 is 0. The van der Waals surface area contributed by atoms with Crippen LogP contribution in [0.5, 0.6) is 0 Å². The largest absolute Gasteiger partial charge is 0.481 e. The van der Waals surface area contributed by atoms with E-state index >= 15 is 0 Å². The molecule has 20 heavy (non-hydrogen) atoms. The highest BCUT2D eigenvalue weighted by atomic mass is 32.2. The molecule has 1 aromatic rings. The van der Waals surface area contributed by atoms with E-state index in [9.17, 15) is 4.79 Å². The van der Waals surface area contributed by atoms with Crippen LogP contribution in [-0.2, 0) is 4.79 Å². The number of hydrogen-bond acceptors (Lipinski definition) is 3. The number of thiocarbonyl (C=S) groups is 1.